The van der Waals surface area contributed by atoms with E-state index in [-0.39, 0.29) is 11.8 Å². The topological polar surface area (TPSA) is 42.0 Å². The van der Waals surface area contributed by atoms with Crippen LogP contribution in [-0.4, -0.2) is 23.9 Å². The van der Waals surface area contributed by atoms with Gasteiger partial charge in [0.15, 0.2) is 5.78 Å². The fraction of sp³-hybridized carbons (Fsp3) is 0.429. The Morgan fingerprint density at radius 1 is 1.82 bits per heavy atom. The van der Waals surface area contributed by atoms with Gasteiger partial charge in [-0.1, -0.05) is 0 Å². The first kappa shape index (κ1) is 8.36. The van der Waals surface area contributed by atoms with Gasteiger partial charge in [-0.05, 0) is 14.0 Å². The third-order valence-corrected chi connectivity index (χ3v) is 2.10. The lowest BCUT2D eigenvalue weighted by atomic mass is 10.2. The fourth-order valence-corrected chi connectivity index (χ4v) is 1.23. The average molecular weight is 170 g/mol. The molecule has 1 aromatic rings. The van der Waals surface area contributed by atoms with Crippen LogP contribution in [0.2, 0.25) is 0 Å². The molecule has 1 rings (SSSR count). The first-order valence-electron chi connectivity index (χ1n) is 3.35. The van der Waals surface area contributed by atoms with E-state index in [0.29, 0.717) is 5.69 Å². The summed E-state index contributed by atoms with van der Waals surface area (Å²) in [7, 11) is 1.76. The van der Waals surface area contributed by atoms with Gasteiger partial charge in [0.25, 0.3) is 0 Å². The number of hydrogen-bond acceptors (Lipinski definition) is 4. The summed E-state index contributed by atoms with van der Waals surface area (Å²) in [4.78, 5) is 15.2. The zero-order valence-corrected chi connectivity index (χ0v) is 7.31. The average Bonchev–Trinajstić information content (AvgIpc) is 2.53. The van der Waals surface area contributed by atoms with Crippen LogP contribution in [0.25, 0.3) is 0 Å². The normalized spacial score (nSPS) is 12.9. The van der Waals surface area contributed by atoms with Gasteiger partial charge in [0.1, 0.15) is 5.69 Å². The molecule has 0 spiro atoms. The monoisotopic (exact) mass is 170 g/mol. The van der Waals surface area contributed by atoms with Crippen molar-refractivity contribution in [3.05, 3.63) is 16.6 Å². The van der Waals surface area contributed by atoms with Crippen LogP contribution in [0.3, 0.4) is 0 Å². The highest BCUT2D eigenvalue weighted by molar-refractivity contribution is 7.07. The van der Waals surface area contributed by atoms with E-state index >= 15 is 0 Å². The lowest BCUT2D eigenvalue weighted by molar-refractivity contribution is 0.0951. The summed E-state index contributed by atoms with van der Waals surface area (Å²) >= 11 is 1.44. The van der Waals surface area contributed by atoms with Crippen molar-refractivity contribution in [3.63, 3.8) is 0 Å². The zero-order chi connectivity index (χ0) is 8.27. The van der Waals surface area contributed by atoms with E-state index < -0.39 is 0 Å². The molecule has 0 saturated carbocycles. The molecule has 60 valence electrons. The number of nitrogens with zero attached hydrogens (tertiary/aromatic N) is 1. The van der Waals surface area contributed by atoms with Gasteiger partial charge in [-0.25, -0.2) is 4.98 Å². The molecule has 1 aromatic heterocycles. The van der Waals surface area contributed by atoms with Gasteiger partial charge in [-0.3, -0.25) is 4.79 Å². The molecule has 0 aromatic carbocycles. The molecule has 1 heterocycles. The Kier molecular flexibility index (Phi) is 2.73. The summed E-state index contributed by atoms with van der Waals surface area (Å²) in [6.45, 7) is 1.82. The molecule has 0 aliphatic heterocycles. The van der Waals surface area contributed by atoms with Crippen LogP contribution in [0.5, 0.6) is 0 Å². The Morgan fingerprint density at radius 2 is 2.55 bits per heavy atom. The first-order chi connectivity index (χ1) is 5.25. The molecule has 0 saturated heterocycles. The summed E-state index contributed by atoms with van der Waals surface area (Å²) < 4.78 is 0. The SMILES string of the molecule is CNC(C)C(=O)c1cscn1. The number of carbonyl (C=O) groups excluding carboxylic acids is 1. The van der Waals surface area contributed by atoms with Gasteiger partial charge < -0.3 is 5.32 Å². The Hall–Kier alpha value is -0.740. The van der Waals surface area contributed by atoms with Crippen LogP contribution < -0.4 is 5.32 Å². The molecule has 1 atom stereocenters. The van der Waals surface area contributed by atoms with Crippen molar-refractivity contribution >= 4 is 17.1 Å². The molecular weight excluding hydrogens is 160 g/mol. The predicted molar refractivity (Wildman–Crippen MR) is 45.0 cm³/mol. The highest BCUT2D eigenvalue weighted by atomic mass is 32.1. The summed E-state index contributed by atoms with van der Waals surface area (Å²) in [5, 5.41) is 4.63. The van der Waals surface area contributed by atoms with Gasteiger partial charge >= 0.3 is 0 Å². The molecule has 0 amide bonds. The predicted octanol–water partition coefficient (Wildman–Crippen LogP) is 0.934. The van der Waals surface area contributed by atoms with Gasteiger partial charge in [0.05, 0.1) is 11.6 Å². The second kappa shape index (κ2) is 3.59. The summed E-state index contributed by atoms with van der Waals surface area (Å²) in [5.74, 6) is 0.0498. The Morgan fingerprint density at radius 3 is 3.00 bits per heavy atom. The van der Waals surface area contributed by atoms with Crippen molar-refractivity contribution in [2.75, 3.05) is 7.05 Å². The second-order valence-electron chi connectivity index (χ2n) is 2.25. The Balaban J connectivity index is 2.70. The number of nitrogens with one attached hydrogen (secondary N) is 1. The van der Waals surface area contributed by atoms with E-state index in [9.17, 15) is 4.79 Å². The summed E-state index contributed by atoms with van der Waals surface area (Å²) in [6.07, 6.45) is 0. The molecule has 0 fully saturated rings. The van der Waals surface area contributed by atoms with E-state index in [1.54, 1.807) is 17.9 Å². The van der Waals surface area contributed by atoms with E-state index in [2.05, 4.69) is 10.3 Å². The van der Waals surface area contributed by atoms with Crippen molar-refractivity contribution in [2.45, 2.75) is 13.0 Å². The zero-order valence-electron chi connectivity index (χ0n) is 6.50. The van der Waals surface area contributed by atoms with Crippen LogP contribution >= 0.6 is 11.3 Å². The lowest BCUT2D eigenvalue weighted by Gasteiger charge is -2.04. The number of Topliss-reactive ketones (excluding diaryl/α,β-unsaturated/α-hetero) is 1. The molecule has 1 unspecified atom stereocenters. The maximum atomic E-state index is 11.3. The number of rotatable bonds is 3. The van der Waals surface area contributed by atoms with Crippen LogP contribution in [0, 0.1) is 0 Å². The van der Waals surface area contributed by atoms with E-state index in [1.165, 1.54) is 11.3 Å². The van der Waals surface area contributed by atoms with Gasteiger partial charge in [-0.2, -0.15) is 0 Å². The van der Waals surface area contributed by atoms with Crippen LogP contribution in [0.15, 0.2) is 10.9 Å². The quantitative estimate of drug-likeness (QED) is 0.686. The number of aromatic nitrogens is 1. The largest absolute Gasteiger partial charge is 0.310 e. The minimum Gasteiger partial charge on any atom is -0.310 e. The lowest BCUT2D eigenvalue weighted by Crippen LogP contribution is -2.30. The molecule has 0 aliphatic rings. The Bertz CT molecular complexity index is 233. The van der Waals surface area contributed by atoms with Crippen LogP contribution in [0.1, 0.15) is 17.4 Å². The minimum atomic E-state index is -0.142. The molecule has 1 N–H and O–H groups in total. The molecule has 4 heteroatoms. The van der Waals surface area contributed by atoms with E-state index in [0.717, 1.165) is 0 Å². The minimum absolute atomic E-state index is 0.0498. The molecule has 0 radical (unpaired) electrons. The summed E-state index contributed by atoms with van der Waals surface area (Å²) in [5.41, 5.74) is 2.21. The first-order valence-corrected chi connectivity index (χ1v) is 4.29. The van der Waals surface area contributed by atoms with E-state index in [4.69, 9.17) is 0 Å². The van der Waals surface area contributed by atoms with Crippen molar-refractivity contribution in [1.82, 2.24) is 10.3 Å². The smallest absolute Gasteiger partial charge is 0.198 e. The van der Waals surface area contributed by atoms with Crippen molar-refractivity contribution in [2.24, 2.45) is 0 Å². The molecular formula is C7H10N2OS. The number of thiazole rings is 1. The number of likely N-dealkylation sites (N-methyl/N-ethyl adjacent to an activating group) is 1. The summed E-state index contributed by atoms with van der Waals surface area (Å²) in [6, 6.07) is -0.142. The van der Waals surface area contributed by atoms with Gasteiger partial charge in [-0.15, -0.1) is 11.3 Å². The van der Waals surface area contributed by atoms with Crippen molar-refractivity contribution < 1.29 is 4.79 Å². The highest BCUT2D eigenvalue weighted by Gasteiger charge is 2.13. The van der Waals surface area contributed by atoms with Crippen LogP contribution in [-0.2, 0) is 0 Å². The van der Waals surface area contributed by atoms with E-state index in [1.807, 2.05) is 6.92 Å². The third-order valence-electron chi connectivity index (χ3n) is 1.51. The number of carbonyl (C=O) groups is 1. The highest BCUT2D eigenvalue weighted by Crippen LogP contribution is 2.03. The fourth-order valence-electron chi connectivity index (χ4n) is 0.687. The standard InChI is InChI=1S/C7H10N2OS/c1-5(8-2)7(10)6-3-11-4-9-6/h3-5,8H,1-2H3. The maximum absolute atomic E-state index is 11.3. The maximum Gasteiger partial charge on any atom is 0.198 e. The molecule has 0 bridgehead atoms. The van der Waals surface area contributed by atoms with Crippen molar-refractivity contribution in [1.29, 1.82) is 0 Å². The molecule has 0 aliphatic carbocycles. The van der Waals surface area contributed by atoms with Gasteiger partial charge in [0.2, 0.25) is 0 Å². The van der Waals surface area contributed by atoms with Gasteiger partial charge in [0, 0.05) is 5.38 Å². The Labute approximate surface area is 69.5 Å². The molecule has 3 nitrogen and oxygen atoms in total. The molecule has 11 heavy (non-hydrogen) atoms. The van der Waals surface area contributed by atoms with Crippen molar-refractivity contribution in [3.8, 4) is 0 Å². The number of ketones is 1. The number of hydrogen-bond donors (Lipinski definition) is 1. The van der Waals surface area contributed by atoms with Crippen LogP contribution in [0.4, 0.5) is 0 Å². The third kappa shape index (κ3) is 1.85. The second-order valence-corrected chi connectivity index (χ2v) is 2.97.